The van der Waals surface area contributed by atoms with Gasteiger partial charge in [0.25, 0.3) is 17.7 Å². The normalized spacial score (nSPS) is 16.9. The summed E-state index contributed by atoms with van der Waals surface area (Å²) in [6.45, 7) is 5.30. The number of hydroxylamine groups is 6. The summed E-state index contributed by atoms with van der Waals surface area (Å²) >= 11 is 0. The average Bonchev–Trinajstić information content (AvgIpc) is 3.09. The molecule has 0 aromatic carbocycles. The van der Waals surface area contributed by atoms with E-state index in [1.54, 1.807) is 20.8 Å². The maximum absolute atomic E-state index is 12.6. The van der Waals surface area contributed by atoms with Gasteiger partial charge in [0, 0.05) is 64.4 Å². The Morgan fingerprint density at radius 2 is 1.07 bits per heavy atom. The van der Waals surface area contributed by atoms with Gasteiger partial charge in [0.15, 0.2) is 0 Å². The van der Waals surface area contributed by atoms with Crippen LogP contribution in [0, 0.1) is 0 Å². The molecule has 0 unspecified atom stereocenters. The van der Waals surface area contributed by atoms with Crippen LogP contribution in [0.3, 0.4) is 0 Å². The Morgan fingerprint density at radius 3 is 1.46 bits per heavy atom. The molecule has 8 N–H and O–H groups in total. The molecule has 6 amide bonds. The van der Waals surface area contributed by atoms with Crippen LogP contribution in [0.4, 0.5) is 0 Å². The maximum Gasteiger partial charge on any atom is 0.328 e. The van der Waals surface area contributed by atoms with Crippen LogP contribution in [0.25, 0.3) is 0 Å². The van der Waals surface area contributed by atoms with Gasteiger partial charge in [-0.2, -0.15) is 0 Å². The van der Waals surface area contributed by atoms with E-state index in [4.69, 9.17) is 14.9 Å². The first kappa shape index (κ1) is 47.3. The largest absolute Gasteiger partial charge is 0.464 e. The number of amides is 6. The molecule has 19 nitrogen and oxygen atoms in total. The van der Waals surface area contributed by atoms with Crippen LogP contribution < -0.4 is 16.0 Å². The first-order valence-electron chi connectivity index (χ1n) is 17.8. The van der Waals surface area contributed by atoms with Gasteiger partial charge in [-0.15, -0.1) is 0 Å². The molecule has 1 fully saturated rings. The summed E-state index contributed by atoms with van der Waals surface area (Å²) < 4.78 is 5.26. The summed E-state index contributed by atoms with van der Waals surface area (Å²) in [5.74, 6) is -4.25. The molecule has 1 heterocycles. The van der Waals surface area contributed by atoms with Gasteiger partial charge < -0.3 is 30.9 Å². The predicted octanol–water partition coefficient (Wildman–Crippen LogP) is 0.00530. The van der Waals surface area contributed by atoms with Crippen molar-refractivity contribution in [2.75, 3.05) is 39.5 Å². The van der Waals surface area contributed by atoms with Crippen molar-refractivity contribution in [3.05, 3.63) is 34.9 Å². The summed E-state index contributed by atoms with van der Waals surface area (Å²) in [6, 6.07) is -2.81. The minimum atomic E-state index is -1.05. The predicted molar refractivity (Wildman–Crippen MR) is 190 cm³/mol. The van der Waals surface area contributed by atoms with Gasteiger partial charge in [-0.1, -0.05) is 16.7 Å². The number of aliphatic hydroxyl groups excluding tert-OH is 2. The van der Waals surface area contributed by atoms with Crippen molar-refractivity contribution in [2.45, 2.75) is 104 Å². The van der Waals surface area contributed by atoms with Crippen LogP contribution in [-0.2, 0) is 38.3 Å². The zero-order valence-corrected chi connectivity index (χ0v) is 31.4. The molecule has 0 aromatic heterocycles. The van der Waals surface area contributed by atoms with Gasteiger partial charge in [0.05, 0.1) is 6.61 Å². The SMILES string of the molecule is CC(=O)N[C@@H](CCCN(O)C(=O)C=C(C)CCO)C(=O)OCCC(C)=CC(=O)N(O)CCC[C@@H]1NC(=O)[C@H](CCCN(O)C(=O)C=C(C)CCO)NC1=O. The molecule has 304 valence electrons. The highest BCUT2D eigenvalue weighted by atomic mass is 16.5. The standard InChI is InChI=1S/C35H56N6O13/c1-23(11-17-42)20-30(45)39(51)14-5-8-27-33(48)38-28(34(49)37-27)9-6-15-40(52)32(47)22-25(3)13-19-54-35(50)29(36-26(4)44)10-7-16-41(53)31(46)21-24(2)12-18-43/h20-22,27-29,42-43,51-53H,5-19H2,1-4H3,(H,36,44)(H,37,49)(H,38,48)/t27-,28-,29-/m0/s1. The number of ether oxygens (including phenoxy) is 1. The Kier molecular flexibility index (Phi) is 22.2. The van der Waals surface area contributed by atoms with Crippen LogP contribution in [0.5, 0.6) is 0 Å². The number of esters is 1. The Balaban J connectivity index is 2.47. The number of piperazine rings is 1. The molecule has 0 radical (unpaired) electrons. The monoisotopic (exact) mass is 768 g/mol. The highest BCUT2D eigenvalue weighted by Gasteiger charge is 2.33. The molecule has 1 aliphatic rings. The Labute approximate surface area is 314 Å². The molecular weight excluding hydrogens is 712 g/mol. The maximum atomic E-state index is 12.6. The van der Waals surface area contributed by atoms with Crippen molar-refractivity contribution in [3.8, 4) is 0 Å². The van der Waals surface area contributed by atoms with E-state index in [9.17, 15) is 49.2 Å². The van der Waals surface area contributed by atoms with Crippen LogP contribution in [-0.4, -0.2) is 140 Å². The Morgan fingerprint density at radius 1 is 0.685 bits per heavy atom. The molecule has 0 aromatic rings. The first-order chi connectivity index (χ1) is 25.5. The highest BCUT2D eigenvalue weighted by molar-refractivity contribution is 5.97. The van der Waals surface area contributed by atoms with Gasteiger partial charge in [0.1, 0.15) is 18.1 Å². The van der Waals surface area contributed by atoms with Crippen molar-refractivity contribution in [1.29, 1.82) is 0 Å². The molecule has 0 aliphatic carbocycles. The zero-order valence-electron chi connectivity index (χ0n) is 31.4. The molecule has 0 spiro atoms. The van der Waals surface area contributed by atoms with Crippen molar-refractivity contribution in [3.63, 3.8) is 0 Å². The van der Waals surface area contributed by atoms with E-state index in [-0.39, 0.29) is 90.8 Å². The van der Waals surface area contributed by atoms with Crippen molar-refractivity contribution < 1.29 is 64.1 Å². The van der Waals surface area contributed by atoms with Gasteiger partial charge in [-0.25, -0.2) is 20.0 Å². The van der Waals surface area contributed by atoms with Gasteiger partial charge in [-0.3, -0.25) is 44.4 Å². The van der Waals surface area contributed by atoms with E-state index in [1.807, 2.05) is 0 Å². The number of aliphatic hydroxyl groups is 2. The molecule has 1 aliphatic heterocycles. The average molecular weight is 769 g/mol. The van der Waals surface area contributed by atoms with Crippen molar-refractivity contribution in [2.24, 2.45) is 0 Å². The van der Waals surface area contributed by atoms with Gasteiger partial charge >= 0.3 is 5.97 Å². The third-order valence-corrected chi connectivity index (χ3v) is 8.14. The lowest BCUT2D eigenvalue weighted by Crippen LogP contribution is -2.61. The summed E-state index contributed by atoms with van der Waals surface area (Å²) in [7, 11) is 0. The lowest BCUT2D eigenvalue weighted by Gasteiger charge is -2.30. The second kappa shape index (κ2) is 25.4. The van der Waals surface area contributed by atoms with E-state index < -0.39 is 59.5 Å². The van der Waals surface area contributed by atoms with E-state index in [1.165, 1.54) is 19.1 Å². The minimum absolute atomic E-state index is 0.0556. The Hall–Kier alpha value is -4.69. The molecule has 0 bridgehead atoms. The first-order valence-corrected chi connectivity index (χ1v) is 17.8. The highest BCUT2D eigenvalue weighted by Crippen LogP contribution is 2.11. The fourth-order valence-electron chi connectivity index (χ4n) is 5.08. The molecule has 54 heavy (non-hydrogen) atoms. The quantitative estimate of drug-likeness (QED) is 0.0279. The number of carbonyl (C=O) groups excluding carboxylic acids is 7. The number of hydrogen-bond acceptors (Lipinski definition) is 13. The second-order valence-electron chi connectivity index (χ2n) is 13.0. The van der Waals surface area contributed by atoms with E-state index in [0.29, 0.717) is 38.3 Å². The van der Waals surface area contributed by atoms with Crippen LogP contribution >= 0.6 is 0 Å². The summed E-state index contributed by atoms with van der Waals surface area (Å²) in [6.07, 6.45) is 5.09. The molecule has 0 saturated carbocycles. The van der Waals surface area contributed by atoms with Crippen LogP contribution in [0.1, 0.15) is 85.5 Å². The smallest absolute Gasteiger partial charge is 0.328 e. The van der Waals surface area contributed by atoms with Gasteiger partial charge in [-0.05, 0) is 72.1 Å². The van der Waals surface area contributed by atoms with Crippen molar-refractivity contribution >= 4 is 41.4 Å². The fourth-order valence-corrected chi connectivity index (χ4v) is 5.08. The van der Waals surface area contributed by atoms with E-state index in [0.717, 1.165) is 6.08 Å². The molecular formula is C35H56N6O13. The number of nitrogens with one attached hydrogen (secondary N) is 3. The third kappa shape index (κ3) is 18.9. The third-order valence-electron chi connectivity index (χ3n) is 8.14. The number of hydrogen-bond donors (Lipinski definition) is 8. The number of carbonyl (C=O) groups is 7. The minimum Gasteiger partial charge on any atom is -0.464 e. The van der Waals surface area contributed by atoms with Gasteiger partial charge in [0.2, 0.25) is 17.7 Å². The molecule has 3 atom stereocenters. The molecule has 1 rings (SSSR count). The topological polar surface area (TPSA) is 276 Å². The summed E-state index contributed by atoms with van der Waals surface area (Å²) in [5.41, 5.74) is 1.64. The lowest BCUT2D eigenvalue weighted by molar-refractivity contribution is -0.160. The van der Waals surface area contributed by atoms with Crippen LogP contribution in [0.15, 0.2) is 34.9 Å². The zero-order chi connectivity index (χ0) is 40.8. The number of rotatable bonds is 24. The van der Waals surface area contributed by atoms with E-state index >= 15 is 0 Å². The summed E-state index contributed by atoms with van der Waals surface area (Å²) in [5, 5.41) is 57.0. The lowest BCUT2D eigenvalue weighted by atomic mass is 10.0. The molecule has 1 saturated heterocycles. The summed E-state index contributed by atoms with van der Waals surface area (Å²) in [4.78, 5) is 85.9. The second-order valence-corrected chi connectivity index (χ2v) is 13.0. The fraction of sp³-hybridized carbons (Fsp3) is 0.629. The van der Waals surface area contributed by atoms with Crippen molar-refractivity contribution in [1.82, 2.24) is 31.1 Å². The van der Waals surface area contributed by atoms with Crippen LogP contribution in [0.2, 0.25) is 0 Å². The number of nitrogens with zero attached hydrogens (tertiary/aromatic N) is 3. The Bertz CT molecular complexity index is 1400. The molecule has 19 heteroatoms. The van der Waals surface area contributed by atoms with E-state index in [2.05, 4.69) is 16.0 Å².